The lowest BCUT2D eigenvalue weighted by Gasteiger charge is -2.27. The molecule has 0 aliphatic carbocycles. The van der Waals surface area contributed by atoms with Gasteiger partial charge >= 0.3 is 6.09 Å². The first-order valence-corrected chi connectivity index (χ1v) is 7.74. The van der Waals surface area contributed by atoms with Crippen LogP contribution in [-0.2, 0) is 0 Å². The van der Waals surface area contributed by atoms with Gasteiger partial charge in [0, 0.05) is 22.7 Å². The normalized spacial score (nSPS) is 15.8. The molecule has 3 N–H and O–H groups in total. The Morgan fingerprint density at radius 1 is 1.21 bits per heavy atom. The van der Waals surface area contributed by atoms with Gasteiger partial charge in [0.1, 0.15) is 5.75 Å². The van der Waals surface area contributed by atoms with Gasteiger partial charge in [-0.1, -0.05) is 29.8 Å². The molecule has 0 saturated heterocycles. The van der Waals surface area contributed by atoms with Crippen LogP contribution in [0.4, 0.5) is 10.5 Å². The van der Waals surface area contributed by atoms with E-state index >= 15 is 0 Å². The van der Waals surface area contributed by atoms with Gasteiger partial charge in [0.15, 0.2) is 0 Å². The second-order valence-electron chi connectivity index (χ2n) is 5.33. The first-order valence-electron chi connectivity index (χ1n) is 7.36. The number of halogens is 1. The van der Waals surface area contributed by atoms with E-state index in [1.807, 2.05) is 0 Å². The number of ether oxygens (including phenoxy) is 1. The minimum absolute atomic E-state index is 0.333. The molecule has 7 heteroatoms. The number of carboxylic acid groups (broad SMARTS) is 1. The number of amides is 2. The molecule has 1 heterocycles. The molecule has 1 unspecified atom stereocenters. The lowest BCUT2D eigenvalue weighted by molar-refractivity contribution is 0.102. The number of rotatable bonds is 3. The van der Waals surface area contributed by atoms with Crippen LogP contribution >= 0.6 is 11.6 Å². The molecule has 124 valence electrons. The fourth-order valence-electron chi connectivity index (χ4n) is 2.67. The van der Waals surface area contributed by atoms with E-state index in [1.165, 1.54) is 0 Å². The van der Waals surface area contributed by atoms with Gasteiger partial charge in [-0.25, -0.2) is 4.79 Å². The largest absolute Gasteiger partial charge is 0.492 e. The molecule has 1 atom stereocenters. The van der Waals surface area contributed by atoms with Crippen LogP contribution in [0.1, 0.15) is 28.4 Å². The number of benzene rings is 2. The molecule has 3 rings (SSSR count). The number of anilines is 1. The third-order valence-electron chi connectivity index (χ3n) is 3.70. The van der Waals surface area contributed by atoms with Gasteiger partial charge < -0.3 is 20.5 Å². The minimum atomic E-state index is -1.11. The van der Waals surface area contributed by atoms with Crippen molar-refractivity contribution in [3.05, 3.63) is 58.6 Å². The monoisotopic (exact) mass is 346 g/mol. The average Bonchev–Trinajstić information content (AvgIpc) is 2.54. The molecule has 0 bridgehead atoms. The van der Waals surface area contributed by atoms with Crippen LogP contribution in [0, 0.1) is 0 Å². The van der Waals surface area contributed by atoms with Crippen molar-refractivity contribution >= 4 is 29.3 Å². The molecule has 0 spiro atoms. The number of carbonyl (C=O) groups excluding carboxylic acids is 1. The fourth-order valence-corrected chi connectivity index (χ4v) is 2.86. The summed E-state index contributed by atoms with van der Waals surface area (Å²) in [5, 5.41) is 14.7. The van der Waals surface area contributed by atoms with Crippen molar-refractivity contribution in [2.75, 3.05) is 11.9 Å². The van der Waals surface area contributed by atoms with Crippen LogP contribution in [0.25, 0.3) is 0 Å². The number of para-hydroxylation sites is 1. The number of fused-ring (bicyclic) bond motifs is 1. The van der Waals surface area contributed by atoms with Crippen LogP contribution in [0.3, 0.4) is 0 Å². The maximum atomic E-state index is 12.6. The topological polar surface area (TPSA) is 87.7 Å². The molecule has 1 aliphatic rings. The molecule has 0 saturated carbocycles. The zero-order chi connectivity index (χ0) is 17.1. The van der Waals surface area contributed by atoms with Crippen LogP contribution in [-0.4, -0.2) is 23.7 Å². The first-order chi connectivity index (χ1) is 11.5. The molecule has 2 aromatic carbocycles. The van der Waals surface area contributed by atoms with Crippen molar-refractivity contribution in [2.45, 2.75) is 12.5 Å². The molecule has 2 amide bonds. The molecular weight excluding hydrogens is 332 g/mol. The molecular formula is C17H15ClN2O4. The van der Waals surface area contributed by atoms with Crippen LogP contribution in [0.5, 0.6) is 5.75 Å². The fraction of sp³-hybridized carbons (Fsp3) is 0.176. The Bertz CT molecular complexity index is 794. The van der Waals surface area contributed by atoms with Gasteiger partial charge in [-0.15, -0.1) is 0 Å². The summed E-state index contributed by atoms with van der Waals surface area (Å²) in [6.07, 6.45) is -0.597. The highest BCUT2D eigenvalue weighted by Gasteiger charge is 2.27. The van der Waals surface area contributed by atoms with Gasteiger partial charge in [-0.3, -0.25) is 4.79 Å². The zero-order valence-electron chi connectivity index (χ0n) is 12.6. The number of nitrogens with one attached hydrogen (secondary N) is 2. The number of hydrogen-bond acceptors (Lipinski definition) is 3. The van der Waals surface area contributed by atoms with Crippen molar-refractivity contribution in [2.24, 2.45) is 0 Å². The SMILES string of the molecule is O=C(O)NC1CCOc2c(C(=O)Nc3cccc(Cl)c3)cccc21. The van der Waals surface area contributed by atoms with Gasteiger partial charge in [0.2, 0.25) is 0 Å². The zero-order valence-corrected chi connectivity index (χ0v) is 13.3. The van der Waals surface area contributed by atoms with E-state index in [0.29, 0.717) is 40.6 Å². The summed E-state index contributed by atoms with van der Waals surface area (Å²) in [6.45, 7) is 0.333. The summed E-state index contributed by atoms with van der Waals surface area (Å²) < 4.78 is 5.63. The Hall–Kier alpha value is -2.73. The summed E-state index contributed by atoms with van der Waals surface area (Å²) in [7, 11) is 0. The van der Waals surface area contributed by atoms with Gasteiger partial charge in [-0.2, -0.15) is 0 Å². The molecule has 0 fully saturated rings. The smallest absolute Gasteiger partial charge is 0.405 e. The van der Waals surface area contributed by atoms with Gasteiger partial charge in [0.25, 0.3) is 5.91 Å². The molecule has 6 nitrogen and oxygen atoms in total. The minimum Gasteiger partial charge on any atom is -0.492 e. The highest BCUT2D eigenvalue weighted by Crippen LogP contribution is 2.35. The third kappa shape index (κ3) is 3.44. The molecule has 24 heavy (non-hydrogen) atoms. The molecule has 1 aliphatic heterocycles. The summed E-state index contributed by atoms with van der Waals surface area (Å²) in [5.41, 5.74) is 1.58. The predicted molar refractivity (Wildman–Crippen MR) is 89.9 cm³/mol. The predicted octanol–water partition coefficient (Wildman–Crippen LogP) is 3.68. The first kappa shape index (κ1) is 16.1. The Morgan fingerprint density at radius 3 is 2.75 bits per heavy atom. The van der Waals surface area contributed by atoms with Gasteiger partial charge in [0.05, 0.1) is 18.2 Å². The third-order valence-corrected chi connectivity index (χ3v) is 3.93. The second-order valence-corrected chi connectivity index (χ2v) is 5.76. The highest BCUT2D eigenvalue weighted by atomic mass is 35.5. The number of carbonyl (C=O) groups is 2. The van der Waals surface area contributed by atoms with E-state index in [9.17, 15) is 9.59 Å². The number of hydrogen-bond donors (Lipinski definition) is 3. The lowest BCUT2D eigenvalue weighted by atomic mass is 9.97. The Labute approximate surface area is 143 Å². The van der Waals surface area contributed by atoms with E-state index in [0.717, 1.165) is 0 Å². The average molecular weight is 347 g/mol. The van der Waals surface area contributed by atoms with E-state index in [2.05, 4.69) is 10.6 Å². The van der Waals surface area contributed by atoms with E-state index < -0.39 is 12.1 Å². The van der Waals surface area contributed by atoms with E-state index in [1.54, 1.807) is 42.5 Å². The maximum Gasteiger partial charge on any atom is 0.405 e. The van der Waals surface area contributed by atoms with Crippen molar-refractivity contribution in [1.29, 1.82) is 0 Å². The summed E-state index contributed by atoms with van der Waals surface area (Å²) in [4.78, 5) is 23.5. The quantitative estimate of drug-likeness (QED) is 0.791. The maximum absolute atomic E-state index is 12.6. The van der Waals surface area contributed by atoms with Gasteiger partial charge in [-0.05, 0) is 24.3 Å². The van der Waals surface area contributed by atoms with Crippen molar-refractivity contribution < 1.29 is 19.4 Å². The van der Waals surface area contributed by atoms with E-state index in [-0.39, 0.29) is 5.91 Å². The summed E-state index contributed by atoms with van der Waals surface area (Å²) >= 11 is 5.92. The molecule has 0 aromatic heterocycles. The van der Waals surface area contributed by atoms with Crippen molar-refractivity contribution in [1.82, 2.24) is 5.32 Å². The second kappa shape index (κ2) is 6.80. The van der Waals surface area contributed by atoms with Crippen LogP contribution in [0.2, 0.25) is 5.02 Å². The Morgan fingerprint density at radius 2 is 2.00 bits per heavy atom. The summed E-state index contributed by atoms with van der Waals surface area (Å²) in [5.74, 6) is 0.0621. The Kier molecular flexibility index (Phi) is 4.57. The van der Waals surface area contributed by atoms with E-state index in [4.69, 9.17) is 21.4 Å². The summed E-state index contributed by atoms with van der Waals surface area (Å²) in [6, 6.07) is 11.5. The van der Waals surface area contributed by atoms with Crippen molar-refractivity contribution in [3.8, 4) is 5.75 Å². The molecule has 0 radical (unpaired) electrons. The lowest BCUT2D eigenvalue weighted by Crippen LogP contribution is -2.31. The van der Waals surface area contributed by atoms with Crippen molar-refractivity contribution in [3.63, 3.8) is 0 Å². The molecule has 2 aromatic rings. The Balaban J connectivity index is 1.89. The standard InChI is InChI=1S/C17H15ClN2O4/c18-10-3-1-4-11(9-10)19-16(21)13-6-2-5-12-14(20-17(22)23)7-8-24-15(12)13/h1-6,9,14,20H,7-8H2,(H,19,21)(H,22,23). The van der Waals surface area contributed by atoms with Crippen LogP contribution < -0.4 is 15.4 Å². The van der Waals surface area contributed by atoms with Crippen LogP contribution in [0.15, 0.2) is 42.5 Å². The highest BCUT2D eigenvalue weighted by molar-refractivity contribution is 6.31.